The van der Waals surface area contributed by atoms with Gasteiger partial charge >= 0.3 is 5.97 Å². The molecule has 148 valence electrons. The average molecular weight is 365 g/mol. The third-order valence-corrected chi connectivity index (χ3v) is 5.22. The van der Waals surface area contributed by atoms with Gasteiger partial charge in [0, 0.05) is 13.7 Å². The molecule has 2 rings (SSSR count). The molecule has 1 saturated heterocycles. The lowest BCUT2D eigenvalue weighted by atomic mass is 9.87. The number of allylic oxidation sites excluding steroid dienone is 1. The van der Waals surface area contributed by atoms with E-state index in [-0.39, 0.29) is 11.9 Å². The van der Waals surface area contributed by atoms with E-state index in [1.165, 1.54) is 6.42 Å². The third kappa shape index (κ3) is 6.75. The highest BCUT2D eigenvalue weighted by Crippen LogP contribution is 2.26. The lowest BCUT2D eigenvalue weighted by Gasteiger charge is -2.27. The highest BCUT2D eigenvalue weighted by Gasteiger charge is 2.31. The van der Waals surface area contributed by atoms with Crippen molar-refractivity contribution in [2.24, 2.45) is 16.9 Å². The Morgan fingerprint density at radius 2 is 2.12 bits per heavy atom. The van der Waals surface area contributed by atoms with Gasteiger partial charge in [0.1, 0.15) is 6.61 Å². The quantitative estimate of drug-likeness (QED) is 0.455. The van der Waals surface area contributed by atoms with Gasteiger partial charge in [0.15, 0.2) is 0 Å². The van der Waals surface area contributed by atoms with Crippen molar-refractivity contribution in [1.82, 2.24) is 5.01 Å². The minimum absolute atomic E-state index is 0.112. The van der Waals surface area contributed by atoms with Crippen LogP contribution in [-0.2, 0) is 14.3 Å². The molecule has 0 N–H and O–H groups in total. The molecule has 1 heterocycles. The van der Waals surface area contributed by atoms with Crippen LogP contribution in [0, 0.1) is 11.8 Å². The van der Waals surface area contributed by atoms with E-state index >= 15 is 0 Å². The van der Waals surface area contributed by atoms with Crippen LogP contribution in [0.3, 0.4) is 0 Å². The smallest absolute Gasteiger partial charge is 0.315 e. The van der Waals surface area contributed by atoms with E-state index in [2.05, 4.69) is 24.9 Å². The van der Waals surface area contributed by atoms with E-state index < -0.39 is 0 Å². The van der Waals surface area contributed by atoms with Crippen molar-refractivity contribution in [3.05, 3.63) is 12.2 Å². The molecule has 1 unspecified atom stereocenters. The fraction of sp³-hybridized carbons (Fsp3) is 0.810. The Hall–Kier alpha value is -1.36. The van der Waals surface area contributed by atoms with E-state index in [1.807, 2.05) is 6.08 Å². The summed E-state index contributed by atoms with van der Waals surface area (Å²) < 4.78 is 10.8. The molecular formula is C21H36N2O3. The first kappa shape index (κ1) is 20.9. The summed E-state index contributed by atoms with van der Waals surface area (Å²) in [5.41, 5.74) is 1.01. The number of carbonyl (C=O) groups excluding carboxylic acids is 1. The number of methoxy groups -OCH3 is 1. The van der Waals surface area contributed by atoms with Gasteiger partial charge in [-0.1, -0.05) is 32.4 Å². The molecule has 0 spiro atoms. The molecule has 0 bridgehead atoms. The van der Waals surface area contributed by atoms with E-state index in [0.29, 0.717) is 25.2 Å². The molecule has 2 fully saturated rings. The number of nitrogens with zero attached hydrogens (tertiary/aromatic N) is 2. The Kier molecular flexibility index (Phi) is 9.16. The molecule has 0 amide bonds. The second-order valence-corrected chi connectivity index (χ2v) is 7.88. The first-order valence-corrected chi connectivity index (χ1v) is 10.3. The maximum absolute atomic E-state index is 12.6. The fourth-order valence-electron chi connectivity index (χ4n) is 3.69. The molecule has 5 heteroatoms. The standard InChI is InChI=1S/C21H36N2O3/c1-17(2)10-5-4-8-15-26-21(24)19-12-6-7-13-20(19)22-23-14-9-11-18(23)16-25-3/h4,8,17-19H,5-7,9-16H2,1-3H3/b8-4+,22-20+/t18-,19?/m0/s1. The number of hydrogen-bond acceptors (Lipinski definition) is 5. The Bertz CT molecular complexity index is 488. The van der Waals surface area contributed by atoms with Crippen LogP contribution < -0.4 is 0 Å². The Balaban J connectivity index is 1.86. The molecule has 1 aliphatic heterocycles. The van der Waals surface area contributed by atoms with E-state index in [1.54, 1.807) is 7.11 Å². The number of hydrogen-bond donors (Lipinski definition) is 0. The highest BCUT2D eigenvalue weighted by molar-refractivity contribution is 6.02. The minimum Gasteiger partial charge on any atom is -0.461 e. The van der Waals surface area contributed by atoms with Gasteiger partial charge in [-0.2, -0.15) is 5.10 Å². The van der Waals surface area contributed by atoms with Crippen molar-refractivity contribution < 1.29 is 14.3 Å². The monoisotopic (exact) mass is 364 g/mol. The molecule has 2 atom stereocenters. The van der Waals surface area contributed by atoms with Crippen LogP contribution in [0.15, 0.2) is 17.3 Å². The molecule has 2 aliphatic rings. The molecule has 0 radical (unpaired) electrons. The minimum atomic E-state index is -0.170. The summed E-state index contributed by atoms with van der Waals surface area (Å²) in [5, 5.41) is 7.00. The van der Waals surface area contributed by atoms with E-state index in [9.17, 15) is 4.79 Å². The number of hydrazone groups is 1. The predicted molar refractivity (Wildman–Crippen MR) is 105 cm³/mol. The number of rotatable bonds is 9. The zero-order valence-electron chi connectivity index (χ0n) is 16.8. The van der Waals surface area contributed by atoms with Crippen molar-refractivity contribution in [3.63, 3.8) is 0 Å². The van der Waals surface area contributed by atoms with E-state index in [4.69, 9.17) is 14.6 Å². The largest absolute Gasteiger partial charge is 0.461 e. The van der Waals surface area contributed by atoms with Crippen LogP contribution in [0.1, 0.15) is 65.2 Å². The summed E-state index contributed by atoms with van der Waals surface area (Å²) >= 11 is 0. The van der Waals surface area contributed by atoms with Crippen molar-refractivity contribution in [1.29, 1.82) is 0 Å². The van der Waals surface area contributed by atoms with Crippen molar-refractivity contribution in [2.75, 3.05) is 26.9 Å². The first-order chi connectivity index (χ1) is 12.6. The number of carbonyl (C=O) groups is 1. The van der Waals surface area contributed by atoms with Crippen molar-refractivity contribution >= 4 is 11.7 Å². The van der Waals surface area contributed by atoms with Gasteiger partial charge < -0.3 is 9.47 Å². The normalized spacial score (nSPS) is 25.5. The van der Waals surface area contributed by atoms with Gasteiger partial charge in [0.05, 0.1) is 24.3 Å². The van der Waals surface area contributed by atoms with Gasteiger partial charge in [0.25, 0.3) is 0 Å². The maximum Gasteiger partial charge on any atom is 0.315 e. The van der Waals surface area contributed by atoms with Crippen LogP contribution >= 0.6 is 0 Å². The summed E-state index contributed by atoms with van der Waals surface area (Å²) in [6.07, 6.45) is 12.5. The molecule has 1 aliphatic carbocycles. The SMILES string of the molecule is COC[C@@H]1CCCN1/N=C1\CCCCC1C(=O)OC/C=C/CCC(C)C. The Morgan fingerprint density at radius 1 is 1.27 bits per heavy atom. The molecular weight excluding hydrogens is 328 g/mol. The molecule has 0 aromatic heterocycles. The Morgan fingerprint density at radius 3 is 2.88 bits per heavy atom. The summed E-state index contributed by atoms with van der Waals surface area (Å²) in [6.45, 7) is 6.46. The van der Waals surface area contributed by atoms with Gasteiger partial charge in [-0.05, 0) is 50.9 Å². The summed E-state index contributed by atoms with van der Waals surface area (Å²) in [6, 6.07) is 0.343. The molecule has 0 aromatic rings. The number of esters is 1. The zero-order chi connectivity index (χ0) is 18.8. The van der Waals surface area contributed by atoms with Gasteiger partial charge in [-0.25, -0.2) is 0 Å². The maximum atomic E-state index is 12.6. The molecule has 0 aromatic carbocycles. The van der Waals surface area contributed by atoms with E-state index in [0.717, 1.165) is 57.2 Å². The summed E-state index contributed by atoms with van der Waals surface area (Å²) in [7, 11) is 1.74. The lowest BCUT2D eigenvalue weighted by Crippen LogP contribution is -2.34. The Labute approximate surface area is 158 Å². The first-order valence-electron chi connectivity index (χ1n) is 10.3. The lowest BCUT2D eigenvalue weighted by molar-refractivity contribution is -0.145. The van der Waals surface area contributed by atoms with Gasteiger partial charge in [0.2, 0.25) is 0 Å². The van der Waals surface area contributed by atoms with Crippen LogP contribution in [0.5, 0.6) is 0 Å². The molecule has 5 nitrogen and oxygen atoms in total. The van der Waals surface area contributed by atoms with Crippen LogP contribution in [0.4, 0.5) is 0 Å². The van der Waals surface area contributed by atoms with Crippen molar-refractivity contribution in [3.8, 4) is 0 Å². The van der Waals surface area contributed by atoms with Crippen LogP contribution in [0.25, 0.3) is 0 Å². The second kappa shape index (κ2) is 11.4. The summed E-state index contributed by atoms with van der Waals surface area (Å²) in [4.78, 5) is 12.6. The number of ether oxygens (including phenoxy) is 2. The average Bonchev–Trinajstić information content (AvgIpc) is 3.05. The van der Waals surface area contributed by atoms with Crippen molar-refractivity contribution in [2.45, 2.75) is 71.3 Å². The summed E-state index contributed by atoms with van der Waals surface area (Å²) in [5.74, 6) is 0.423. The fourth-order valence-corrected chi connectivity index (χ4v) is 3.69. The third-order valence-electron chi connectivity index (χ3n) is 5.22. The highest BCUT2D eigenvalue weighted by atomic mass is 16.5. The second-order valence-electron chi connectivity index (χ2n) is 7.88. The van der Waals surface area contributed by atoms with Crippen LogP contribution in [-0.4, -0.2) is 49.6 Å². The molecule has 26 heavy (non-hydrogen) atoms. The zero-order valence-corrected chi connectivity index (χ0v) is 16.8. The predicted octanol–water partition coefficient (Wildman–Crippen LogP) is 4.18. The van der Waals surface area contributed by atoms with Gasteiger partial charge in [-0.15, -0.1) is 0 Å². The molecule has 1 saturated carbocycles. The van der Waals surface area contributed by atoms with Gasteiger partial charge in [-0.3, -0.25) is 9.80 Å². The van der Waals surface area contributed by atoms with Crippen LogP contribution in [0.2, 0.25) is 0 Å². The topological polar surface area (TPSA) is 51.1 Å².